The quantitative estimate of drug-likeness (QED) is 0.302. The van der Waals surface area contributed by atoms with Crippen LogP contribution >= 0.6 is 0 Å². The van der Waals surface area contributed by atoms with E-state index in [-0.39, 0.29) is 5.82 Å². The average molecular weight is 408 g/mol. The van der Waals surface area contributed by atoms with Gasteiger partial charge in [0.2, 0.25) is 0 Å². The summed E-state index contributed by atoms with van der Waals surface area (Å²) in [6.07, 6.45) is 0. The molecule has 0 amide bonds. The highest BCUT2D eigenvalue weighted by atomic mass is 19.1. The fourth-order valence-corrected chi connectivity index (χ4v) is 4.09. The number of hydrogen-bond acceptors (Lipinski definition) is 2. The van der Waals surface area contributed by atoms with Crippen LogP contribution in [0.4, 0.5) is 4.39 Å². The van der Waals surface area contributed by atoms with Gasteiger partial charge in [0.1, 0.15) is 23.9 Å². The van der Waals surface area contributed by atoms with Gasteiger partial charge in [0, 0.05) is 16.5 Å². The zero-order valence-electron chi connectivity index (χ0n) is 17.1. The number of benzene rings is 5. The van der Waals surface area contributed by atoms with Crippen LogP contribution in [-0.4, -0.2) is 7.11 Å². The van der Waals surface area contributed by atoms with Gasteiger partial charge >= 0.3 is 0 Å². The molecule has 0 unspecified atom stereocenters. The lowest BCUT2D eigenvalue weighted by molar-refractivity contribution is 0.308. The Kier molecular flexibility index (Phi) is 5.01. The first-order valence-electron chi connectivity index (χ1n) is 10.2. The molecule has 152 valence electrons. The molecule has 0 radical (unpaired) electrons. The maximum Gasteiger partial charge on any atom is 0.131 e. The van der Waals surface area contributed by atoms with Crippen LogP contribution in [0, 0.1) is 5.82 Å². The highest BCUT2D eigenvalue weighted by Gasteiger charge is 2.19. The molecule has 5 aromatic rings. The average Bonchev–Trinajstić information content (AvgIpc) is 2.82. The third kappa shape index (κ3) is 3.49. The Labute approximate surface area is 180 Å². The first kappa shape index (κ1) is 19.1. The van der Waals surface area contributed by atoms with Crippen molar-refractivity contribution in [3.63, 3.8) is 0 Å². The Morgan fingerprint density at radius 1 is 0.613 bits per heavy atom. The summed E-state index contributed by atoms with van der Waals surface area (Å²) in [6, 6.07) is 30.9. The van der Waals surface area contributed by atoms with Crippen LogP contribution in [0.3, 0.4) is 0 Å². The topological polar surface area (TPSA) is 18.5 Å². The number of ether oxygens (including phenoxy) is 2. The van der Waals surface area contributed by atoms with Crippen LogP contribution in [0.1, 0.15) is 5.56 Å². The van der Waals surface area contributed by atoms with Gasteiger partial charge in [0.15, 0.2) is 0 Å². The summed E-state index contributed by atoms with van der Waals surface area (Å²) < 4.78 is 26.7. The van der Waals surface area contributed by atoms with Crippen molar-refractivity contribution in [2.24, 2.45) is 0 Å². The number of rotatable bonds is 5. The van der Waals surface area contributed by atoms with E-state index in [1.807, 2.05) is 66.7 Å². The molecule has 0 aromatic heterocycles. The molecule has 0 aliphatic carbocycles. The largest absolute Gasteiger partial charge is 0.496 e. The Bertz CT molecular complexity index is 1380. The van der Waals surface area contributed by atoms with E-state index in [4.69, 9.17) is 9.47 Å². The highest BCUT2D eigenvalue weighted by Crippen LogP contribution is 2.45. The minimum atomic E-state index is -0.257. The van der Waals surface area contributed by atoms with Crippen LogP contribution in [0.15, 0.2) is 97.1 Å². The van der Waals surface area contributed by atoms with E-state index >= 15 is 0 Å². The van der Waals surface area contributed by atoms with Crippen molar-refractivity contribution >= 4 is 21.5 Å². The van der Waals surface area contributed by atoms with Crippen molar-refractivity contribution in [1.82, 2.24) is 0 Å². The molecule has 0 aliphatic rings. The maximum absolute atomic E-state index is 14.7. The number of methoxy groups -OCH3 is 1. The molecular formula is C28H21FO2. The van der Waals surface area contributed by atoms with E-state index in [1.54, 1.807) is 19.2 Å². The second kappa shape index (κ2) is 8.11. The fraction of sp³-hybridized carbons (Fsp3) is 0.0714. The summed E-state index contributed by atoms with van der Waals surface area (Å²) in [6.45, 7) is 0.418. The fourth-order valence-electron chi connectivity index (χ4n) is 4.09. The molecule has 0 saturated heterocycles. The minimum Gasteiger partial charge on any atom is -0.496 e. The van der Waals surface area contributed by atoms with Gasteiger partial charge in [0.05, 0.1) is 7.11 Å². The summed E-state index contributed by atoms with van der Waals surface area (Å²) in [5, 5.41) is 3.46. The highest BCUT2D eigenvalue weighted by molar-refractivity contribution is 6.09. The number of fused-ring (bicyclic) bond motifs is 2. The first-order chi connectivity index (χ1) is 15.3. The van der Waals surface area contributed by atoms with Gasteiger partial charge in [-0.05, 0) is 46.0 Å². The van der Waals surface area contributed by atoms with Crippen molar-refractivity contribution in [3.05, 3.63) is 108 Å². The molecule has 5 aromatic carbocycles. The van der Waals surface area contributed by atoms with Crippen LogP contribution < -0.4 is 9.47 Å². The molecule has 0 fully saturated rings. The standard InChI is InChI=1S/C28H21FO2/c1-30-25-16-14-20-10-5-6-11-21(20)27(25)28-23-12-7-13-24(29)22(23)15-17-26(28)31-18-19-8-3-2-4-9-19/h2-17H,18H2,1H3. The molecule has 0 heterocycles. The SMILES string of the molecule is COc1ccc2ccccc2c1-c1c(OCc2ccccc2)ccc2c(F)cccc12. The smallest absolute Gasteiger partial charge is 0.131 e. The molecule has 0 spiro atoms. The van der Waals surface area contributed by atoms with E-state index in [0.29, 0.717) is 17.7 Å². The van der Waals surface area contributed by atoms with E-state index in [9.17, 15) is 4.39 Å². The lowest BCUT2D eigenvalue weighted by atomic mass is 9.92. The maximum atomic E-state index is 14.7. The van der Waals surface area contributed by atoms with E-state index < -0.39 is 0 Å². The summed E-state index contributed by atoms with van der Waals surface area (Å²) >= 11 is 0. The minimum absolute atomic E-state index is 0.257. The Hall–Kier alpha value is -3.85. The van der Waals surface area contributed by atoms with Gasteiger partial charge in [0.25, 0.3) is 0 Å². The van der Waals surface area contributed by atoms with Gasteiger partial charge < -0.3 is 9.47 Å². The zero-order valence-corrected chi connectivity index (χ0v) is 17.1. The lowest BCUT2D eigenvalue weighted by Crippen LogP contribution is -1.99. The van der Waals surface area contributed by atoms with Crippen LogP contribution in [0.2, 0.25) is 0 Å². The van der Waals surface area contributed by atoms with Crippen molar-refractivity contribution < 1.29 is 13.9 Å². The number of hydrogen-bond donors (Lipinski definition) is 0. The molecule has 0 atom stereocenters. The summed E-state index contributed by atoms with van der Waals surface area (Å²) in [4.78, 5) is 0. The van der Waals surface area contributed by atoms with Gasteiger partial charge in [-0.2, -0.15) is 0 Å². The Balaban J connectivity index is 1.79. The van der Waals surface area contributed by atoms with Crippen LogP contribution in [0.5, 0.6) is 11.5 Å². The molecule has 2 nitrogen and oxygen atoms in total. The molecule has 5 rings (SSSR count). The molecule has 0 saturated carbocycles. The number of halogens is 1. The van der Waals surface area contributed by atoms with Crippen molar-refractivity contribution in [3.8, 4) is 22.6 Å². The van der Waals surface area contributed by atoms with Crippen LogP contribution in [-0.2, 0) is 6.61 Å². The molecular weight excluding hydrogens is 387 g/mol. The predicted molar refractivity (Wildman–Crippen MR) is 124 cm³/mol. The summed E-state index contributed by atoms with van der Waals surface area (Å²) in [5.74, 6) is 1.16. The Morgan fingerprint density at radius 2 is 1.32 bits per heavy atom. The summed E-state index contributed by atoms with van der Waals surface area (Å²) in [7, 11) is 1.66. The van der Waals surface area contributed by atoms with E-state index in [1.165, 1.54) is 6.07 Å². The van der Waals surface area contributed by atoms with Gasteiger partial charge in [-0.15, -0.1) is 0 Å². The first-order valence-corrected chi connectivity index (χ1v) is 10.2. The molecule has 0 aliphatic heterocycles. The van der Waals surface area contributed by atoms with Gasteiger partial charge in [-0.1, -0.05) is 72.8 Å². The predicted octanol–water partition coefficient (Wildman–Crippen LogP) is 7.39. The monoisotopic (exact) mass is 408 g/mol. The van der Waals surface area contributed by atoms with E-state index in [0.717, 1.165) is 38.6 Å². The molecule has 0 N–H and O–H groups in total. The van der Waals surface area contributed by atoms with Crippen molar-refractivity contribution in [2.75, 3.05) is 7.11 Å². The summed E-state index contributed by atoms with van der Waals surface area (Å²) in [5.41, 5.74) is 2.80. The Morgan fingerprint density at radius 3 is 2.16 bits per heavy atom. The van der Waals surface area contributed by atoms with Crippen LogP contribution in [0.25, 0.3) is 32.7 Å². The van der Waals surface area contributed by atoms with Gasteiger partial charge in [-0.3, -0.25) is 0 Å². The van der Waals surface area contributed by atoms with Crippen molar-refractivity contribution in [2.45, 2.75) is 6.61 Å². The third-order valence-corrected chi connectivity index (χ3v) is 5.57. The van der Waals surface area contributed by atoms with E-state index in [2.05, 4.69) is 12.1 Å². The molecule has 0 bridgehead atoms. The van der Waals surface area contributed by atoms with Crippen molar-refractivity contribution in [1.29, 1.82) is 0 Å². The zero-order chi connectivity index (χ0) is 21.2. The second-order valence-corrected chi connectivity index (χ2v) is 7.41. The molecule has 3 heteroatoms. The second-order valence-electron chi connectivity index (χ2n) is 7.41. The van der Waals surface area contributed by atoms with Gasteiger partial charge in [-0.25, -0.2) is 4.39 Å². The normalized spacial score (nSPS) is 11.0. The molecule has 31 heavy (non-hydrogen) atoms. The third-order valence-electron chi connectivity index (χ3n) is 5.57. The lowest BCUT2D eigenvalue weighted by Gasteiger charge is -2.19.